The van der Waals surface area contributed by atoms with Crippen molar-refractivity contribution in [3.63, 3.8) is 0 Å². The van der Waals surface area contributed by atoms with Gasteiger partial charge in [-0.1, -0.05) is 36.4 Å². The minimum Gasteiger partial charge on any atom is -0.458 e. The number of aryl methyl sites for hydroxylation is 1. The molecule has 2 heteroatoms. The van der Waals surface area contributed by atoms with Crippen LogP contribution in [0.2, 0.25) is 0 Å². The minimum atomic E-state index is 0.714. The van der Waals surface area contributed by atoms with Gasteiger partial charge in [-0.25, -0.2) is 0 Å². The Balaban J connectivity index is 2.31. The van der Waals surface area contributed by atoms with Crippen molar-refractivity contribution < 1.29 is 4.42 Å². The lowest BCUT2D eigenvalue weighted by Gasteiger charge is -1.98. The Bertz CT molecular complexity index is 590. The van der Waals surface area contributed by atoms with E-state index < -0.39 is 0 Å². The van der Waals surface area contributed by atoms with Crippen LogP contribution in [0.25, 0.3) is 17.0 Å². The molecule has 1 heterocycles. The average Bonchev–Trinajstić information content (AvgIpc) is 2.57. The monoisotopic (exact) mass is 211 g/mol. The van der Waals surface area contributed by atoms with E-state index in [1.54, 1.807) is 0 Å². The molecule has 80 valence electrons. The van der Waals surface area contributed by atoms with E-state index in [-0.39, 0.29) is 0 Å². The predicted octanol–water partition coefficient (Wildman–Crippen LogP) is 3.53. The predicted molar refractivity (Wildman–Crippen MR) is 67.1 cm³/mol. The Morgan fingerprint density at radius 2 is 2.12 bits per heavy atom. The lowest BCUT2D eigenvalue weighted by Crippen LogP contribution is -1.85. The Kier molecular flexibility index (Phi) is 2.07. The third-order valence-corrected chi connectivity index (χ3v) is 2.91. The fourth-order valence-electron chi connectivity index (χ4n) is 2.12. The first kappa shape index (κ1) is 9.28. The van der Waals surface area contributed by atoms with Crippen molar-refractivity contribution in [2.75, 3.05) is 5.73 Å². The maximum atomic E-state index is 5.91. The highest BCUT2D eigenvalue weighted by molar-refractivity contribution is 5.95. The van der Waals surface area contributed by atoms with E-state index in [9.17, 15) is 0 Å². The van der Waals surface area contributed by atoms with Crippen LogP contribution in [-0.2, 0) is 6.42 Å². The maximum absolute atomic E-state index is 5.91. The van der Waals surface area contributed by atoms with Crippen molar-refractivity contribution in [1.29, 1.82) is 0 Å². The van der Waals surface area contributed by atoms with Crippen LogP contribution in [0.5, 0.6) is 0 Å². The summed E-state index contributed by atoms with van der Waals surface area (Å²) in [6, 6.07) is 5.90. The number of benzene rings is 1. The molecule has 0 bridgehead atoms. The highest BCUT2D eigenvalue weighted by Gasteiger charge is 2.13. The molecular weight excluding hydrogens is 198 g/mol. The summed E-state index contributed by atoms with van der Waals surface area (Å²) in [7, 11) is 0. The standard InChI is InChI=1S/C14H13NO/c15-12-8-5-7-11-10-6-3-1-2-4-9-13(10)16-14(11)12/h1-3,5-8H,4,9,15H2/b2-1+,6-3-. The number of anilines is 1. The number of allylic oxidation sites excluding steroid dienone is 3. The molecule has 0 atom stereocenters. The van der Waals surface area contributed by atoms with Crippen molar-refractivity contribution in [2.45, 2.75) is 12.8 Å². The highest BCUT2D eigenvalue weighted by atomic mass is 16.3. The first-order chi connectivity index (χ1) is 7.86. The molecule has 0 saturated heterocycles. The second-order valence-corrected chi connectivity index (χ2v) is 3.99. The van der Waals surface area contributed by atoms with Crippen molar-refractivity contribution in [3.8, 4) is 0 Å². The zero-order valence-corrected chi connectivity index (χ0v) is 8.94. The van der Waals surface area contributed by atoms with Crippen LogP contribution in [0, 0.1) is 0 Å². The van der Waals surface area contributed by atoms with E-state index in [4.69, 9.17) is 10.2 Å². The molecule has 0 amide bonds. The number of hydrogen-bond donors (Lipinski definition) is 1. The van der Waals surface area contributed by atoms with Gasteiger partial charge in [-0.3, -0.25) is 0 Å². The molecule has 2 aromatic rings. The number of rotatable bonds is 0. The van der Waals surface area contributed by atoms with Crippen molar-refractivity contribution in [3.05, 3.63) is 47.8 Å². The van der Waals surface area contributed by atoms with Crippen LogP contribution in [-0.4, -0.2) is 0 Å². The third-order valence-electron chi connectivity index (χ3n) is 2.91. The van der Waals surface area contributed by atoms with Crippen LogP contribution in [0.1, 0.15) is 17.7 Å². The molecule has 0 aliphatic heterocycles. The largest absolute Gasteiger partial charge is 0.458 e. The maximum Gasteiger partial charge on any atom is 0.157 e. The van der Waals surface area contributed by atoms with Gasteiger partial charge in [0, 0.05) is 17.4 Å². The molecule has 3 rings (SSSR count). The molecule has 1 aromatic heterocycles. The SMILES string of the molecule is Nc1cccc2c3c(oc12)CC/C=C/C=C\3. The van der Waals surface area contributed by atoms with E-state index in [0.717, 1.165) is 29.6 Å². The third kappa shape index (κ3) is 1.34. The number of para-hydroxylation sites is 1. The average molecular weight is 211 g/mol. The van der Waals surface area contributed by atoms with Gasteiger partial charge in [-0.15, -0.1) is 0 Å². The molecule has 16 heavy (non-hydrogen) atoms. The van der Waals surface area contributed by atoms with Gasteiger partial charge >= 0.3 is 0 Å². The summed E-state index contributed by atoms with van der Waals surface area (Å²) in [6.07, 6.45) is 10.3. The first-order valence-electron chi connectivity index (χ1n) is 5.49. The minimum absolute atomic E-state index is 0.714. The van der Waals surface area contributed by atoms with E-state index in [1.165, 1.54) is 5.56 Å². The molecule has 1 aliphatic rings. The Morgan fingerprint density at radius 3 is 3.06 bits per heavy atom. The zero-order chi connectivity index (χ0) is 11.0. The van der Waals surface area contributed by atoms with Gasteiger partial charge in [-0.2, -0.15) is 0 Å². The molecule has 2 nitrogen and oxygen atoms in total. The van der Waals surface area contributed by atoms with Crippen LogP contribution >= 0.6 is 0 Å². The Hall–Kier alpha value is -1.96. The van der Waals surface area contributed by atoms with E-state index >= 15 is 0 Å². The summed E-state index contributed by atoms with van der Waals surface area (Å²) in [4.78, 5) is 0. The summed E-state index contributed by atoms with van der Waals surface area (Å²) in [5.74, 6) is 1.04. The van der Waals surface area contributed by atoms with Gasteiger partial charge in [0.25, 0.3) is 0 Å². The number of fused-ring (bicyclic) bond motifs is 3. The fourth-order valence-corrected chi connectivity index (χ4v) is 2.12. The van der Waals surface area contributed by atoms with Gasteiger partial charge in [0.15, 0.2) is 5.58 Å². The second-order valence-electron chi connectivity index (χ2n) is 3.99. The van der Waals surface area contributed by atoms with Crippen LogP contribution in [0.4, 0.5) is 5.69 Å². The summed E-state index contributed by atoms with van der Waals surface area (Å²) < 4.78 is 5.85. The van der Waals surface area contributed by atoms with Gasteiger partial charge in [-0.05, 0) is 12.5 Å². The quantitative estimate of drug-likeness (QED) is 0.677. The number of nitrogen functional groups attached to an aromatic ring is 1. The van der Waals surface area contributed by atoms with Crippen LogP contribution in [0.15, 0.2) is 40.8 Å². The molecule has 0 saturated carbocycles. The van der Waals surface area contributed by atoms with E-state index in [2.05, 4.69) is 30.4 Å². The van der Waals surface area contributed by atoms with E-state index in [0.29, 0.717) is 5.69 Å². The molecule has 0 spiro atoms. The van der Waals surface area contributed by atoms with Gasteiger partial charge in [0.1, 0.15) is 5.76 Å². The van der Waals surface area contributed by atoms with Crippen molar-refractivity contribution >= 4 is 22.7 Å². The normalized spacial score (nSPS) is 18.8. The van der Waals surface area contributed by atoms with Crippen LogP contribution < -0.4 is 5.73 Å². The Labute approximate surface area is 94.1 Å². The molecule has 1 aromatic carbocycles. The van der Waals surface area contributed by atoms with E-state index in [1.807, 2.05) is 12.1 Å². The first-order valence-corrected chi connectivity index (χ1v) is 5.49. The van der Waals surface area contributed by atoms with Gasteiger partial charge < -0.3 is 10.2 Å². The van der Waals surface area contributed by atoms with Crippen molar-refractivity contribution in [1.82, 2.24) is 0 Å². The second kappa shape index (κ2) is 3.56. The lowest BCUT2D eigenvalue weighted by molar-refractivity contribution is 0.549. The zero-order valence-electron chi connectivity index (χ0n) is 8.94. The molecule has 0 radical (unpaired) electrons. The highest BCUT2D eigenvalue weighted by Crippen LogP contribution is 2.32. The smallest absolute Gasteiger partial charge is 0.157 e. The summed E-state index contributed by atoms with van der Waals surface area (Å²) in [5.41, 5.74) is 8.62. The molecule has 1 aliphatic carbocycles. The van der Waals surface area contributed by atoms with Crippen molar-refractivity contribution in [2.24, 2.45) is 0 Å². The number of nitrogens with two attached hydrogens (primary N) is 1. The molecule has 0 unspecified atom stereocenters. The summed E-state index contributed by atoms with van der Waals surface area (Å²) in [5, 5.41) is 1.11. The Morgan fingerprint density at radius 1 is 1.19 bits per heavy atom. The topological polar surface area (TPSA) is 39.2 Å². The molecular formula is C14H13NO. The van der Waals surface area contributed by atoms with Crippen LogP contribution in [0.3, 0.4) is 0 Å². The fraction of sp³-hybridized carbons (Fsp3) is 0.143. The number of furan rings is 1. The number of hydrogen-bond acceptors (Lipinski definition) is 2. The van der Waals surface area contributed by atoms with Gasteiger partial charge in [0.05, 0.1) is 5.69 Å². The summed E-state index contributed by atoms with van der Waals surface area (Å²) in [6.45, 7) is 0. The molecule has 2 N–H and O–H groups in total. The lowest BCUT2D eigenvalue weighted by atomic mass is 10.1. The van der Waals surface area contributed by atoms with Gasteiger partial charge in [0.2, 0.25) is 0 Å². The summed E-state index contributed by atoms with van der Waals surface area (Å²) >= 11 is 0. The molecule has 0 fully saturated rings.